The van der Waals surface area contributed by atoms with Crippen LogP contribution in [0.4, 0.5) is 0 Å². The van der Waals surface area contributed by atoms with Crippen molar-refractivity contribution in [3.63, 3.8) is 0 Å². The molecule has 1 aromatic carbocycles. The first kappa shape index (κ1) is 13.5. The van der Waals surface area contributed by atoms with E-state index in [0.29, 0.717) is 25.3 Å². The molecule has 19 heavy (non-hydrogen) atoms. The second-order valence-corrected chi connectivity index (χ2v) is 4.57. The molecule has 0 saturated carbocycles. The van der Waals surface area contributed by atoms with Crippen molar-refractivity contribution in [3.05, 3.63) is 30.2 Å². The van der Waals surface area contributed by atoms with E-state index in [2.05, 4.69) is 15.6 Å². The highest BCUT2D eigenvalue weighted by Gasteiger charge is 2.08. The van der Waals surface area contributed by atoms with Gasteiger partial charge in [0.15, 0.2) is 11.5 Å². The molecule has 0 saturated heterocycles. The number of amides is 1. The summed E-state index contributed by atoms with van der Waals surface area (Å²) in [7, 11) is 1.87. The molecule has 1 unspecified atom stereocenters. The third-order valence-corrected chi connectivity index (χ3v) is 3.00. The molecule has 1 aromatic heterocycles. The van der Waals surface area contributed by atoms with Crippen LogP contribution in [0, 0.1) is 0 Å². The molecule has 0 spiro atoms. The van der Waals surface area contributed by atoms with Crippen molar-refractivity contribution in [2.75, 3.05) is 13.6 Å². The van der Waals surface area contributed by atoms with E-state index in [1.54, 1.807) is 0 Å². The van der Waals surface area contributed by atoms with Crippen LogP contribution in [-0.2, 0) is 11.2 Å². The fourth-order valence-corrected chi connectivity index (χ4v) is 1.70. The Morgan fingerprint density at radius 3 is 2.95 bits per heavy atom. The molecule has 2 aromatic rings. The van der Waals surface area contributed by atoms with Gasteiger partial charge in [-0.15, -0.1) is 0 Å². The number of aromatic nitrogens is 1. The van der Waals surface area contributed by atoms with Gasteiger partial charge < -0.3 is 15.1 Å². The molecule has 0 radical (unpaired) electrons. The second-order valence-electron chi connectivity index (χ2n) is 4.57. The van der Waals surface area contributed by atoms with Crippen molar-refractivity contribution in [3.8, 4) is 0 Å². The number of nitrogens with one attached hydrogen (secondary N) is 2. The van der Waals surface area contributed by atoms with Crippen molar-refractivity contribution in [1.29, 1.82) is 0 Å². The number of carbonyl (C=O) groups excluding carboxylic acids is 1. The van der Waals surface area contributed by atoms with Crippen molar-refractivity contribution < 1.29 is 9.21 Å². The van der Waals surface area contributed by atoms with Crippen LogP contribution in [0.3, 0.4) is 0 Å². The van der Waals surface area contributed by atoms with Gasteiger partial charge in [0.2, 0.25) is 5.91 Å². The molecule has 102 valence electrons. The first-order chi connectivity index (χ1) is 9.19. The van der Waals surface area contributed by atoms with Gasteiger partial charge in [-0.2, -0.15) is 0 Å². The average molecular weight is 261 g/mol. The van der Waals surface area contributed by atoms with Crippen molar-refractivity contribution in [1.82, 2.24) is 15.6 Å². The molecule has 2 N–H and O–H groups in total. The average Bonchev–Trinajstić information content (AvgIpc) is 2.85. The predicted molar refractivity (Wildman–Crippen MR) is 73.9 cm³/mol. The summed E-state index contributed by atoms with van der Waals surface area (Å²) < 4.78 is 5.56. The third kappa shape index (κ3) is 3.79. The molecule has 5 heteroatoms. The topological polar surface area (TPSA) is 67.2 Å². The van der Waals surface area contributed by atoms with Crippen LogP contribution in [0.15, 0.2) is 28.7 Å². The van der Waals surface area contributed by atoms with E-state index in [-0.39, 0.29) is 11.9 Å². The molecule has 1 amide bonds. The van der Waals surface area contributed by atoms with Gasteiger partial charge in [0.1, 0.15) is 5.52 Å². The van der Waals surface area contributed by atoms with Crippen LogP contribution in [0.1, 0.15) is 19.2 Å². The Morgan fingerprint density at radius 2 is 2.21 bits per heavy atom. The number of hydrogen-bond donors (Lipinski definition) is 2. The normalized spacial score (nSPS) is 12.5. The predicted octanol–water partition coefficient (Wildman–Crippen LogP) is 1.48. The number of rotatable bonds is 6. The third-order valence-electron chi connectivity index (χ3n) is 3.00. The number of nitrogens with zero attached hydrogens (tertiary/aromatic N) is 1. The Morgan fingerprint density at radius 1 is 1.42 bits per heavy atom. The summed E-state index contributed by atoms with van der Waals surface area (Å²) in [6, 6.07) is 7.87. The second kappa shape index (κ2) is 6.33. The van der Waals surface area contributed by atoms with Crippen LogP contribution in [0.2, 0.25) is 0 Å². The minimum Gasteiger partial charge on any atom is -0.441 e. The fourth-order valence-electron chi connectivity index (χ4n) is 1.70. The summed E-state index contributed by atoms with van der Waals surface area (Å²) >= 11 is 0. The molecule has 0 aliphatic rings. The standard InChI is InChI=1S/C14H19N3O2/c1-10(15-2)9-16-13(18)7-8-14-17-11-5-3-4-6-12(11)19-14/h3-6,10,15H,7-9H2,1-2H3,(H,16,18). The summed E-state index contributed by atoms with van der Waals surface area (Å²) in [5, 5.41) is 5.93. The lowest BCUT2D eigenvalue weighted by atomic mass is 10.2. The Kier molecular flexibility index (Phi) is 4.52. The number of aryl methyl sites for hydroxylation is 1. The Labute approximate surface area is 112 Å². The van der Waals surface area contributed by atoms with E-state index in [4.69, 9.17) is 4.42 Å². The zero-order chi connectivity index (χ0) is 13.7. The van der Waals surface area contributed by atoms with Crippen LogP contribution in [-0.4, -0.2) is 30.5 Å². The zero-order valence-electron chi connectivity index (χ0n) is 11.3. The van der Waals surface area contributed by atoms with E-state index < -0.39 is 0 Å². The van der Waals surface area contributed by atoms with Gasteiger partial charge in [0, 0.05) is 25.4 Å². The van der Waals surface area contributed by atoms with E-state index in [9.17, 15) is 4.79 Å². The number of fused-ring (bicyclic) bond motifs is 1. The monoisotopic (exact) mass is 261 g/mol. The van der Waals surface area contributed by atoms with Gasteiger partial charge in [-0.25, -0.2) is 4.98 Å². The highest BCUT2D eigenvalue weighted by atomic mass is 16.3. The first-order valence-electron chi connectivity index (χ1n) is 6.47. The molecule has 1 atom stereocenters. The number of carbonyl (C=O) groups is 1. The number of oxazole rings is 1. The van der Waals surface area contributed by atoms with Crippen molar-refractivity contribution in [2.24, 2.45) is 0 Å². The Hall–Kier alpha value is -1.88. The molecule has 0 fully saturated rings. The van der Waals surface area contributed by atoms with Crippen LogP contribution in [0.5, 0.6) is 0 Å². The molecular formula is C14H19N3O2. The summed E-state index contributed by atoms with van der Waals surface area (Å²) in [6.45, 7) is 2.64. The zero-order valence-corrected chi connectivity index (χ0v) is 11.3. The lowest BCUT2D eigenvalue weighted by Crippen LogP contribution is -2.37. The molecule has 0 bridgehead atoms. The SMILES string of the molecule is CNC(C)CNC(=O)CCc1nc2ccccc2o1. The lowest BCUT2D eigenvalue weighted by Gasteiger charge is -2.10. The summed E-state index contributed by atoms with van der Waals surface area (Å²) in [4.78, 5) is 16.0. The molecule has 2 rings (SSSR count). The lowest BCUT2D eigenvalue weighted by molar-refractivity contribution is -0.121. The van der Waals surface area contributed by atoms with E-state index in [1.165, 1.54) is 0 Å². The number of benzene rings is 1. The first-order valence-corrected chi connectivity index (χ1v) is 6.47. The Bertz CT molecular complexity index is 517. The van der Waals surface area contributed by atoms with Gasteiger partial charge >= 0.3 is 0 Å². The van der Waals surface area contributed by atoms with Crippen molar-refractivity contribution in [2.45, 2.75) is 25.8 Å². The summed E-state index contributed by atoms with van der Waals surface area (Å²) in [5.41, 5.74) is 1.60. The van der Waals surface area contributed by atoms with Crippen LogP contribution < -0.4 is 10.6 Å². The van der Waals surface area contributed by atoms with E-state index >= 15 is 0 Å². The number of para-hydroxylation sites is 2. The fraction of sp³-hybridized carbons (Fsp3) is 0.429. The molecule has 5 nitrogen and oxygen atoms in total. The number of likely N-dealkylation sites (N-methyl/N-ethyl adjacent to an activating group) is 1. The number of hydrogen-bond acceptors (Lipinski definition) is 4. The summed E-state index contributed by atoms with van der Waals surface area (Å²) in [5.74, 6) is 0.627. The van der Waals surface area contributed by atoms with Gasteiger partial charge in [0.05, 0.1) is 0 Å². The minimum absolute atomic E-state index is 0.0179. The highest BCUT2D eigenvalue weighted by molar-refractivity contribution is 5.76. The minimum atomic E-state index is 0.0179. The van der Waals surface area contributed by atoms with Gasteiger partial charge in [-0.1, -0.05) is 12.1 Å². The largest absolute Gasteiger partial charge is 0.441 e. The van der Waals surface area contributed by atoms with E-state index in [0.717, 1.165) is 11.1 Å². The van der Waals surface area contributed by atoms with Gasteiger partial charge in [0.25, 0.3) is 0 Å². The highest BCUT2D eigenvalue weighted by Crippen LogP contribution is 2.15. The van der Waals surface area contributed by atoms with Crippen molar-refractivity contribution >= 4 is 17.0 Å². The van der Waals surface area contributed by atoms with E-state index in [1.807, 2.05) is 38.2 Å². The van der Waals surface area contributed by atoms with Gasteiger partial charge in [-0.3, -0.25) is 4.79 Å². The maximum absolute atomic E-state index is 11.6. The summed E-state index contributed by atoms with van der Waals surface area (Å²) in [6.07, 6.45) is 0.914. The smallest absolute Gasteiger partial charge is 0.220 e. The van der Waals surface area contributed by atoms with Crippen LogP contribution in [0.25, 0.3) is 11.1 Å². The molecule has 0 aliphatic carbocycles. The Balaban J connectivity index is 1.83. The quantitative estimate of drug-likeness (QED) is 0.826. The van der Waals surface area contributed by atoms with Crippen LogP contribution >= 0.6 is 0 Å². The maximum atomic E-state index is 11.6. The molecular weight excluding hydrogens is 242 g/mol. The molecule has 1 heterocycles. The maximum Gasteiger partial charge on any atom is 0.220 e. The van der Waals surface area contributed by atoms with Gasteiger partial charge in [-0.05, 0) is 26.1 Å². The molecule has 0 aliphatic heterocycles.